The van der Waals surface area contributed by atoms with Crippen LogP contribution < -0.4 is 10.1 Å². The van der Waals surface area contributed by atoms with Gasteiger partial charge in [-0.15, -0.1) is 0 Å². The Hall–Kier alpha value is -5.19. The zero-order chi connectivity index (χ0) is 30.6. The first-order valence-electron chi connectivity index (χ1n) is 14.7. The van der Waals surface area contributed by atoms with Gasteiger partial charge >= 0.3 is 11.9 Å². The Labute approximate surface area is 253 Å². The molecule has 0 saturated heterocycles. The molecule has 0 radical (unpaired) electrons. The third-order valence-corrected chi connectivity index (χ3v) is 8.10. The molecule has 0 spiro atoms. The lowest BCUT2D eigenvalue weighted by Gasteiger charge is -2.25. The van der Waals surface area contributed by atoms with Gasteiger partial charge in [0, 0.05) is 41.3 Å². The predicted octanol–water partition coefficient (Wildman–Crippen LogP) is 5.06. The van der Waals surface area contributed by atoms with Gasteiger partial charge in [0.25, 0.3) is 5.91 Å². The van der Waals surface area contributed by atoms with Crippen LogP contribution in [0.3, 0.4) is 0 Å². The Balaban J connectivity index is 1.28. The van der Waals surface area contributed by atoms with E-state index in [1.54, 1.807) is 42.7 Å². The van der Waals surface area contributed by atoms with Crippen molar-refractivity contribution in [3.63, 3.8) is 0 Å². The van der Waals surface area contributed by atoms with E-state index in [2.05, 4.69) is 19.9 Å². The SMILES string of the molecule is COC(=O)[C@H](Cc1c[nH]c2ccc(OCC(=O)O)cc12)NC(=O)c1ccc2c(c1)nc(-c1ccccn1)n2C1CCCCC1. The van der Waals surface area contributed by atoms with E-state index in [1.165, 1.54) is 13.5 Å². The first-order valence-corrected chi connectivity index (χ1v) is 14.7. The highest BCUT2D eigenvalue weighted by molar-refractivity contribution is 6.00. The lowest BCUT2D eigenvalue weighted by molar-refractivity contribution is -0.143. The number of pyridine rings is 1. The number of aromatic nitrogens is 4. The molecule has 1 saturated carbocycles. The Morgan fingerprint density at radius 1 is 1.09 bits per heavy atom. The molecular weight excluding hydrogens is 562 g/mol. The number of carbonyl (C=O) groups is 3. The number of rotatable bonds is 10. The molecule has 1 amide bonds. The van der Waals surface area contributed by atoms with Crippen LogP contribution in [0, 0.1) is 0 Å². The molecule has 0 bridgehead atoms. The van der Waals surface area contributed by atoms with E-state index >= 15 is 0 Å². The summed E-state index contributed by atoms with van der Waals surface area (Å²) in [5, 5.41) is 12.5. The maximum Gasteiger partial charge on any atom is 0.341 e. The summed E-state index contributed by atoms with van der Waals surface area (Å²) in [7, 11) is 1.28. The number of hydrogen-bond donors (Lipinski definition) is 3. The molecule has 1 atom stereocenters. The van der Waals surface area contributed by atoms with Crippen LogP contribution in [-0.4, -0.2) is 62.2 Å². The van der Waals surface area contributed by atoms with E-state index in [1.807, 2.05) is 24.3 Å². The molecule has 3 aromatic heterocycles. The Morgan fingerprint density at radius 3 is 2.68 bits per heavy atom. The lowest BCUT2D eigenvalue weighted by atomic mass is 9.95. The van der Waals surface area contributed by atoms with Crippen LogP contribution in [0.1, 0.15) is 54.1 Å². The van der Waals surface area contributed by atoms with E-state index < -0.39 is 30.5 Å². The van der Waals surface area contributed by atoms with Gasteiger partial charge in [-0.3, -0.25) is 9.78 Å². The fourth-order valence-corrected chi connectivity index (χ4v) is 5.98. The smallest absolute Gasteiger partial charge is 0.341 e. The van der Waals surface area contributed by atoms with Crippen molar-refractivity contribution in [3.05, 3.63) is 78.1 Å². The molecular formula is C33H33N5O6. The first kappa shape index (κ1) is 28.9. The largest absolute Gasteiger partial charge is 0.482 e. The fraction of sp³-hybridized carbons (Fsp3) is 0.303. The van der Waals surface area contributed by atoms with Crippen molar-refractivity contribution in [1.82, 2.24) is 24.8 Å². The van der Waals surface area contributed by atoms with E-state index in [0.717, 1.165) is 59.2 Å². The van der Waals surface area contributed by atoms with Crippen molar-refractivity contribution < 1.29 is 29.0 Å². The van der Waals surface area contributed by atoms with Gasteiger partial charge < -0.3 is 29.4 Å². The number of fused-ring (bicyclic) bond motifs is 2. The molecule has 2 aromatic carbocycles. The van der Waals surface area contributed by atoms with Crippen molar-refractivity contribution in [1.29, 1.82) is 0 Å². The van der Waals surface area contributed by atoms with E-state index in [-0.39, 0.29) is 6.42 Å². The Morgan fingerprint density at radius 2 is 1.93 bits per heavy atom. The number of amides is 1. The number of methoxy groups -OCH3 is 1. The van der Waals surface area contributed by atoms with Gasteiger partial charge in [0.1, 0.15) is 17.5 Å². The Kier molecular flexibility index (Phi) is 8.27. The number of aliphatic carboxylic acids is 1. The van der Waals surface area contributed by atoms with Crippen LogP contribution in [0.5, 0.6) is 5.75 Å². The number of carbonyl (C=O) groups excluding carboxylic acids is 2. The van der Waals surface area contributed by atoms with E-state index in [0.29, 0.717) is 22.9 Å². The van der Waals surface area contributed by atoms with E-state index in [4.69, 9.17) is 19.6 Å². The number of hydrogen-bond acceptors (Lipinski definition) is 7. The molecule has 1 aliphatic rings. The summed E-state index contributed by atoms with van der Waals surface area (Å²) in [6, 6.07) is 15.7. The van der Waals surface area contributed by atoms with Crippen LogP contribution in [0.15, 0.2) is 67.0 Å². The second-order valence-corrected chi connectivity index (χ2v) is 11.0. The van der Waals surface area contributed by atoms with Gasteiger partial charge in [0.05, 0.1) is 18.1 Å². The van der Waals surface area contributed by atoms with Crippen molar-refractivity contribution in [3.8, 4) is 17.3 Å². The summed E-state index contributed by atoms with van der Waals surface area (Å²) in [6.07, 6.45) is 9.32. The molecule has 6 rings (SSSR count). The average molecular weight is 596 g/mol. The van der Waals surface area contributed by atoms with Crippen molar-refractivity contribution in [2.24, 2.45) is 0 Å². The monoisotopic (exact) mass is 595 g/mol. The van der Waals surface area contributed by atoms with Gasteiger partial charge in [-0.1, -0.05) is 25.3 Å². The van der Waals surface area contributed by atoms with Crippen LogP contribution in [0.4, 0.5) is 0 Å². The molecule has 1 fully saturated rings. The number of carboxylic acids is 1. The zero-order valence-electron chi connectivity index (χ0n) is 24.3. The zero-order valence-corrected chi connectivity index (χ0v) is 24.3. The number of esters is 1. The van der Waals surface area contributed by atoms with Crippen LogP contribution >= 0.6 is 0 Å². The highest BCUT2D eigenvalue weighted by Crippen LogP contribution is 2.35. The molecule has 1 aliphatic carbocycles. The normalized spacial score (nSPS) is 14.4. The molecule has 11 nitrogen and oxygen atoms in total. The number of ether oxygens (including phenoxy) is 2. The second kappa shape index (κ2) is 12.6. The third kappa shape index (κ3) is 5.98. The molecule has 0 unspecified atom stereocenters. The Bertz CT molecular complexity index is 1820. The van der Waals surface area contributed by atoms with Gasteiger partial charge in [0.15, 0.2) is 12.4 Å². The quantitative estimate of drug-likeness (QED) is 0.190. The molecule has 0 aliphatic heterocycles. The van der Waals surface area contributed by atoms with Crippen LogP contribution in [0.25, 0.3) is 33.5 Å². The highest BCUT2D eigenvalue weighted by Gasteiger charge is 2.26. The maximum atomic E-state index is 13.5. The molecule has 3 heterocycles. The topological polar surface area (TPSA) is 148 Å². The standard InChI is InChI=1S/C33H33N5O6/c1-43-33(42)28(16-21-18-35-25-12-11-23(17-24(21)25)44-19-30(39)40)37-32(41)20-10-13-29-27(15-20)36-31(26-9-5-6-14-34-26)38(29)22-7-3-2-4-8-22/h5-6,9-15,17-18,22,28,35H,2-4,7-8,16,19H2,1H3,(H,37,41)(H,39,40)/t28-/m0/s1. The first-order chi connectivity index (χ1) is 21.4. The summed E-state index contributed by atoms with van der Waals surface area (Å²) >= 11 is 0. The second-order valence-electron chi connectivity index (χ2n) is 11.0. The van der Waals surface area contributed by atoms with Gasteiger partial charge in [-0.2, -0.15) is 0 Å². The number of H-pyrrole nitrogens is 1. The number of nitrogens with one attached hydrogen (secondary N) is 2. The average Bonchev–Trinajstić information content (AvgIpc) is 3.64. The van der Waals surface area contributed by atoms with Crippen LogP contribution in [-0.2, 0) is 20.7 Å². The molecule has 5 aromatic rings. The van der Waals surface area contributed by atoms with Crippen molar-refractivity contribution in [2.75, 3.05) is 13.7 Å². The fourth-order valence-electron chi connectivity index (χ4n) is 5.98. The van der Waals surface area contributed by atoms with E-state index in [9.17, 15) is 14.4 Å². The summed E-state index contributed by atoms with van der Waals surface area (Å²) in [6.45, 7) is -0.474. The molecule has 226 valence electrons. The number of benzene rings is 2. The number of nitrogens with zero attached hydrogens (tertiary/aromatic N) is 3. The summed E-state index contributed by atoms with van der Waals surface area (Å²) in [5.41, 5.74) is 4.29. The van der Waals surface area contributed by atoms with Gasteiger partial charge in [0.2, 0.25) is 0 Å². The minimum Gasteiger partial charge on any atom is -0.482 e. The molecule has 44 heavy (non-hydrogen) atoms. The van der Waals surface area contributed by atoms with Gasteiger partial charge in [-0.25, -0.2) is 14.6 Å². The lowest BCUT2D eigenvalue weighted by Crippen LogP contribution is -2.43. The maximum absolute atomic E-state index is 13.5. The van der Waals surface area contributed by atoms with Crippen molar-refractivity contribution >= 4 is 39.8 Å². The minimum atomic E-state index is -1.08. The number of imidazole rings is 1. The molecule has 3 N–H and O–H groups in total. The van der Waals surface area contributed by atoms with Gasteiger partial charge in [-0.05, 0) is 66.9 Å². The van der Waals surface area contributed by atoms with Crippen LogP contribution in [0.2, 0.25) is 0 Å². The predicted molar refractivity (Wildman–Crippen MR) is 163 cm³/mol. The highest BCUT2D eigenvalue weighted by atomic mass is 16.5. The summed E-state index contributed by atoms with van der Waals surface area (Å²) in [5.74, 6) is -0.945. The van der Waals surface area contributed by atoms with Crippen molar-refractivity contribution in [2.45, 2.75) is 50.6 Å². The number of carboxylic acid groups (broad SMARTS) is 1. The summed E-state index contributed by atoms with van der Waals surface area (Å²) < 4.78 is 12.6. The summed E-state index contributed by atoms with van der Waals surface area (Å²) in [4.78, 5) is 49.9. The number of aromatic amines is 1. The third-order valence-electron chi connectivity index (χ3n) is 8.10. The molecule has 11 heteroatoms. The minimum absolute atomic E-state index is 0.142.